The predicted octanol–water partition coefficient (Wildman–Crippen LogP) is 4.21. The highest BCUT2D eigenvalue weighted by Gasteiger charge is 2.17. The van der Waals surface area contributed by atoms with E-state index < -0.39 is 127 Å². The van der Waals surface area contributed by atoms with E-state index in [0.29, 0.717) is 0 Å². The summed E-state index contributed by atoms with van der Waals surface area (Å²) in [5, 5.41) is -1.74. The number of fused-ring (bicyclic) bond motifs is 1. The van der Waals surface area contributed by atoms with Crippen molar-refractivity contribution in [2.75, 3.05) is 31.9 Å². The van der Waals surface area contributed by atoms with Crippen molar-refractivity contribution in [1.82, 2.24) is 15.3 Å². The van der Waals surface area contributed by atoms with Crippen molar-refractivity contribution < 1.29 is 44.1 Å². The van der Waals surface area contributed by atoms with Crippen LogP contribution in [0.2, 0.25) is 2.82 Å². The molecule has 1 aliphatic rings. The molecule has 1 saturated heterocycles. The van der Waals surface area contributed by atoms with Crippen LogP contribution in [-0.4, -0.2) is 36.6 Å². The Balaban J connectivity index is 2.10. The molecular weight excluding hydrogens is 371 g/mol. The number of ether oxygens (including phenoxy) is 2. The molecule has 7 heteroatoms. The minimum Gasteiger partial charge on any atom is -0.493 e. The summed E-state index contributed by atoms with van der Waals surface area (Å²) in [6.07, 6.45) is -9.52. The van der Waals surface area contributed by atoms with Crippen molar-refractivity contribution >= 4 is 22.4 Å². The number of benzene rings is 2. The summed E-state index contributed by atoms with van der Waals surface area (Å²) < 4.78 is 205. The van der Waals surface area contributed by atoms with Gasteiger partial charge in [0, 0.05) is 23.8 Å². The summed E-state index contributed by atoms with van der Waals surface area (Å²) in [5.74, 6) is -9.97. The molecule has 0 amide bonds. The van der Waals surface area contributed by atoms with E-state index in [1.54, 1.807) is 0 Å². The Labute approximate surface area is 200 Å². The van der Waals surface area contributed by atoms with Crippen molar-refractivity contribution in [3.8, 4) is 11.5 Å². The zero-order valence-electron chi connectivity index (χ0n) is 36.5. The Morgan fingerprint density at radius 1 is 1.41 bits per heavy atom. The fourth-order valence-corrected chi connectivity index (χ4v) is 2.13. The topological polar surface area (TPSA) is 68.3 Å². The Bertz CT molecular complexity index is 1880. The third-order valence-corrected chi connectivity index (χ3v) is 3.38. The van der Waals surface area contributed by atoms with Gasteiger partial charge in [0.25, 0.3) is 0 Å². The van der Waals surface area contributed by atoms with Gasteiger partial charge in [-0.15, -0.1) is 0 Å². The minimum absolute atomic E-state index is 0.0493. The van der Waals surface area contributed by atoms with Gasteiger partial charge < -0.3 is 20.1 Å². The molecule has 2 aromatic carbocycles. The number of halogens is 1. The standard InChI is InChI=1S/C22H25FN4O2/c1-14-3-4-18(17(23)9-14)27-22-16-10-20(28-2)21(11-19(16)25-13-26-22)29-12-15-5-7-24-8-6-15/h3-4,9-11,13,15,24H,5-8,12H2,1-2H3,(H,25,26,27)/i2D3,3D,4D,5D2,6D2,7D2,8D2,9D,10D,11D,12D2,13D,15D/hD2. The highest BCUT2D eigenvalue weighted by Crippen LogP contribution is 2.35. The molecule has 4 rings (SSSR count). The van der Waals surface area contributed by atoms with Crippen LogP contribution in [0, 0.1) is 18.6 Å². The molecular formula is C22H25FN4O2. The lowest BCUT2D eigenvalue weighted by molar-refractivity contribution is 0.208. The van der Waals surface area contributed by atoms with E-state index in [-0.39, 0.29) is 10.9 Å². The number of nitrogens with one attached hydrogen (secondary N) is 2. The van der Waals surface area contributed by atoms with E-state index in [4.69, 9.17) is 39.7 Å². The zero-order valence-corrected chi connectivity index (χ0v) is 14.5. The molecule has 1 aliphatic heterocycles. The maximum atomic E-state index is 15.3. The Morgan fingerprint density at radius 3 is 3.10 bits per heavy atom. The quantitative estimate of drug-likeness (QED) is 0.625. The van der Waals surface area contributed by atoms with Crippen LogP contribution in [0.15, 0.2) is 36.5 Å². The van der Waals surface area contributed by atoms with Gasteiger partial charge in [-0.2, -0.15) is 0 Å². The highest BCUT2D eigenvalue weighted by atomic mass is 19.1. The highest BCUT2D eigenvalue weighted by molar-refractivity contribution is 5.93. The van der Waals surface area contributed by atoms with Gasteiger partial charge in [-0.25, -0.2) is 14.4 Å². The number of anilines is 2. The average molecular weight is 419 g/mol. The van der Waals surface area contributed by atoms with Crippen LogP contribution in [-0.2, 0) is 0 Å². The first-order valence-corrected chi connectivity index (χ1v) is 7.79. The molecule has 0 unspecified atom stereocenters. The van der Waals surface area contributed by atoms with Crippen LogP contribution in [0.4, 0.5) is 15.9 Å². The molecule has 2 N–H and O–H groups in total. The van der Waals surface area contributed by atoms with E-state index in [9.17, 15) is 0 Å². The molecule has 0 bridgehead atoms. The van der Waals surface area contributed by atoms with Gasteiger partial charge in [0.05, 0.1) is 38.5 Å². The molecule has 1 fully saturated rings. The molecule has 0 aliphatic carbocycles. The lowest BCUT2D eigenvalue weighted by Gasteiger charge is -2.23. The van der Waals surface area contributed by atoms with Crippen molar-refractivity contribution in [3.63, 3.8) is 0 Å². The second-order valence-corrected chi connectivity index (χ2v) is 5.32. The second-order valence-electron chi connectivity index (χ2n) is 5.32. The number of aromatic nitrogens is 2. The van der Waals surface area contributed by atoms with Gasteiger partial charge in [-0.3, -0.25) is 0 Å². The first-order valence-electron chi connectivity index (χ1n) is 18.7. The molecule has 0 atom stereocenters. The molecule has 6 nitrogen and oxygen atoms in total. The summed E-state index contributed by atoms with van der Waals surface area (Å²) in [5.41, 5.74) is -2.39. The van der Waals surface area contributed by atoms with Crippen LogP contribution in [0.25, 0.3) is 10.9 Å². The number of methoxy groups -OCH3 is 1. The van der Waals surface area contributed by atoms with Crippen molar-refractivity contribution in [2.45, 2.75) is 19.7 Å². The van der Waals surface area contributed by atoms with Crippen LogP contribution < -0.4 is 20.1 Å². The van der Waals surface area contributed by atoms with Crippen LogP contribution in [0.3, 0.4) is 0 Å². The van der Waals surface area contributed by atoms with E-state index >= 15 is 4.39 Å². The predicted molar refractivity (Wildman–Crippen MR) is 112 cm³/mol. The monoisotopic (exact) mass is 418 g/mol. The maximum absolute atomic E-state index is 15.3. The molecule has 152 valence electrons. The number of hydrogen-bond acceptors (Lipinski definition) is 6. The molecule has 29 heavy (non-hydrogen) atoms. The third kappa shape index (κ3) is 4.40. The molecule has 0 saturated carbocycles. The van der Waals surface area contributed by atoms with Crippen molar-refractivity contribution in [3.05, 3.63) is 47.9 Å². The lowest BCUT2D eigenvalue weighted by atomic mass is 9.99. The van der Waals surface area contributed by atoms with Crippen molar-refractivity contribution in [1.29, 1.82) is 0 Å². The normalized spacial score (nSPS) is 35.4. The number of rotatable bonds is 6. The largest absolute Gasteiger partial charge is 0.493 e. The van der Waals surface area contributed by atoms with Gasteiger partial charge in [0.1, 0.15) is 20.7 Å². The van der Waals surface area contributed by atoms with Crippen molar-refractivity contribution in [2.24, 2.45) is 5.89 Å². The van der Waals surface area contributed by atoms with Gasteiger partial charge in [0.15, 0.2) is 12.9 Å². The summed E-state index contributed by atoms with van der Waals surface area (Å²) in [4.78, 5) is 7.24. The van der Waals surface area contributed by atoms with E-state index in [0.717, 1.165) is 6.92 Å². The summed E-state index contributed by atoms with van der Waals surface area (Å²) in [6.45, 7) is -11.2. The second kappa shape index (κ2) is 8.61. The molecule has 0 spiro atoms. The van der Waals surface area contributed by atoms with Crippen LogP contribution in [0.1, 0.15) is 45.7 Å². The molecule has 1 aromatic heterocycles. The smallest absolute Gasteiger partial charge is 0.168 e. The summed E-state index contributed by atoms with van der Waals surface area (Å²) >= 11 is 0. The molecule has 2 heterocycles. The lowest BCUT2D eigenvalue weighted by Crippen LogP contribution is -2.30. The van der Waals surface area contributed by atoms with Crippen LogP contribution in [0.5, 0.6) is 11.5 Å². The molecule has 3 aromatic rings. The van der Waals surface area contributed by atoms with Gasteiger partial charge in [0.2, 0.25) is 0 Å². The Kier molecular flexibility index (Phi) is 1.87. The zero-order chi connectivity index (χ0) is 39.6. The maximum Gasteiger partial charge on any atom is 0.168 e. The summed E-state index contributed by atoms with van der Waals surface area (Å²) in [7, 11) is -3.61. The fourth-order valence-electron chi connectivity index (χ4n) is 2.13. The Hall–Kier alpha value is -2.93. The minimum atomic E-state index is -4.39. The SMILES string of the molecule is [2H]c1nc(N([2H])c2c([2H])c([2H])c(C)c([2H])c2F)c2c([2H])c(OC([2H])([2H])[2H])c(OC([2H])([2H])C3([2H])C([2H])([2H])C([2H])([2H])N([2H])C([2H])([2H])C3([2H])[2H])c([2H])c2n1. The van der Waals surface area contributed by atoms with E-state index in [1.165, 1.54) is 0 Å². The van der Waals surface area contributed by atoms with Gasteiger partial charge >= 0.3 is 0 Å². The average Bonchev–Trinajstić information content (AvgIpc) is 3.00. The van der Waals surface area contributed by atoms with Gasteiger partial charge in [-0.05, 0) is 62.2 Å². The third-order valence-electron chi connectivity index (χ3n) is 3.38. The number of nitrogens with zero attached hydrogens (tertiary/aromatic N) is 2. The van der Waals surface area contributed by atoms with E-state index in [2.05, 4.69) is 9.97 Å². The summed E-state index contributed by atoms with van der Waals surface area (Å²) in [6, 6.07) is -5.27. The molecule has 0 radical (unpaired) electrons. The first kappa shape index (κ1) is 6.28. The van der Waals surface area contributed by atoms with Crippen LogP contribution >= 0.6 is 0 Å². The number of piperidine rings is 1. The van der Waals surface area contributed by atoms with Gasteiger partial charge in [-0.1, -0.05) is 6.04 Å². The Morgan fingerprint density at radius 2 is 2.28 bits per heavy atom. The number of hydrogen-bond donors (Lipinski definition) is 2. The first-order chi connectivity index (χ1) is 22.8. The fraction of sp³-hybridized carbons (Fsp3) is 0.364. The van der Waals surface area contributed by atoms with E-state index in [1.807, 2.05) is 0 Å².